The van der Waals surface area contributed by atoms with E-state index >= 15 is 0 Å². The summed E-state index contributed by atoms with van der Waals surface area (Å²) in [4.78, 5) is 23.3. The van der Waals surface area contributed by atoms with E-state index in [1.54, 1.807) is 0 Å². The highest BCUT2D eigenvalue weighted by Gasteiger charge is 2.14. The van der Waals surface area contributed by atoms with Crippen molar-refractivity contribution in [2.45, 2.75) is 6.92 Å². The molecule has 0 aromatic heterocycles. The fourth-order valence-corrected chi connectivity index (χ4v) is 2.47. The van der Waals surface area contributed by atoms with Crippen LogP contribution in [0.15, 0.2) is 30.3 Å². The van der Waals surface area contributed by atoms with Gasteiger partial charge in [-0.05, 0) is 31.2 Å². The third-order valence-electron chi connectivity index (χ3n) is 3.11. The van der Waals surface area contributed by atoms with Gasteiger partial charge in [0.2, 0.25) is 0 Å². The predicted molar refractivity (Wildman–Crippen MR) is 95.6 cm³/mol. The Hall–Kier alpha value is -1.95. The molecule has 2 aromatic rings. The van der Waals surface area contributed by atoms with Gasteiger partial charge in [-0.15, -0.1) is 0 Å². The van der Waals surface area contributed by atoms with Crippen LogP contribution in [-0.2, 0) is 4.79 Å². The van der Waals surface area contributed by atoms with Gasteiger partial charge in [0.15, 0.2) is 23.9 Å². The van der Waals surface area contributed by atoms with Gasteiger partial charge in [0.1, 0.15) is 5.75 Å². The number of ketones is 1. The van der Waals surface area contributed by atoms with Gasteiger partial charge in [-0.2, -0.15) is 0 Å². The van der Waals surface area contributed by atoms with Crippen molar-refractivity contribution in [3.63, 3.8) is 0 Å². The summed E-state index contributed by atoms with van der Waals surface area (Å²) in [5, 5.41) is 0.735. The monoisotopic (exact) mass is 402 g/mol. The molecule has 132 valence electrons. The summed E-state index contributed by atoms with van der Waals surface area (Å²) in [7, 11) is 1.41. The maximum atomic E-state index is 12.0. The first-order chi connectivity index (χ1) is 11.8. The second-order valence-electron chi connectivity index (χ2n) is 4.88. The van der Waals surface area contributed by atoms with Gasteiger partial charge in [-0.3, -0.25) is 4.79 Å². The maximum Gasteiger partial charge on any atom is 0.349 e. The number of rotatable bonds is 6. The van der Waals surface area contributed by atoms with Crippen molar-refractivity contribution in [2.24, 2.45) is 0 Å². The van der Waals surface area contributed by atoms with Crippen LogP contribution in [0.4, 0.5) is 0 Å². The van der Waals surface area contributed by atoms with Crippen LogP contribution in [0.1, 0.15) is 17.3 Å². The van der Waals surface area contributed by atoms with E-state index in [2.05, 4.69) is 0 Å². The molecule has 0 saturated carbocycles. The minimum Gasteiger partial charge on any atom is -0.493 e. The zero-order valence-electron chi connectivity index (χ0n) is 13.3. The minimum atomic E-state index is -0.684. The molecule has 8 heteroatoms. The summed E-state index contributed by atoms with van der Waals surface area (Å²) in [6.45, 7) is 1.02. The molecule has 0 bridgehead atoms. The van der Waals surface area contributed by atoms with E-state index in [0.717, 1.165) is 0 Å². The fraction of sp³-hybridized carbons (Fsp3) is 0.176. The Morgan fingerprint density at radius 3 is 2.24 bits per heavy atom. The Bertz CT molecular complexity index is 820. The molecule has 25 heavy (non-hydrogen) atoms. The number of hydrogen-bond acceptors (Lipinski definition) is 5. The molecule has 0 amide bonds. The van der Waals surface area contributed by atoms with E-state index in [0.29, 0.717) is 5.56 Å². The van der Waals surface area contributed by atoms with Crippen LogP contribution in [0.2, 0.25) is 15.1 Å². The van der Waals surface area contributed by atoms with Crippen molar-refractivity contribution >= 4 is 46.6 Å². The quantitative estimate of drug-likeness (QED) is 0.299. The summed E-state index contributed by atoms with van der Waals surface area (Å²) in [5.74, 6) is -0.188. The number of carbonyl (C=O) groups is 2. The van der Waals surface area contributed by atoms with Crippen molar-refractivity contribution in [1.82, 2.24) is 0 Å². The third kappa shape index (κ3) is 5.01. The van der Waals surface area contributed by atoms with Crippen molar-refractivity contribution in [2.75, 3.05) is 13.7 Å². The lowest BCUT2D eigenvalue weighted by atomic mass is 10.1. The Balaban J connectivity index is 2.06. The van der Waals surface area contributed by atoms with Gasteiger partial charge >= 0.3 is 5.97 Å². The highest BCUT2D eigenvalue weighted by atomic mass is 35.5. The van der Waals surface area contributed by atoms with E-state index in [4.69, 9.17) is 49.0 Å². The Morgan fingerprint density at radius 2 is 1.60 bits per heavy atom. The SMILES string of the molecule is COc1cc(C(C)=O)ccc1OC(=O)COc1cc(Cl)c(Cl)cc1Cl. The molecule has 0 aliphatic carbocycles. The molecule has 0 fully saturated rings. The summed E-state index contributed by atoms with van der Waals surface area (Å²) in [6.07, 6.45) is 0. The molecule has 2 aromatic carbocycles. The van der Waals surface area contributed by atoms with Gasteiger partial charge in [0.25, 0.3) is 0 Å². The zero-order valence-corrected chi connectivity index (χ0v) is 15.5. The topological polar surface area (TPSA) is 61.8 Å². The molecular formula is C17H13Cl3O5. The third-order valence-corrected chi connectivity index (χ3v) is 4.13. The number of halogens is 3. The lowest BCUT2D eigenvalue weighted by Crippen LogP contribution is -2.18. The summed E-state index contributed by atoms with van der Waals surface area (Å²) >= 11 is 17.7. The predicted octanol–water partition coefficient (Wildman–Crippen LogP) is 4.84. The van der Waals surface area contributed by atoms with Gasteiger partial charge in [0, 0.05) is 11.6 Å². The Kier molecular flexibility index (Phi) is 6.53. The first-order valence-electron chi connectivity index (χ1n) is 6.98. The normalized spacial score (nSPS) is 10.3. The van der Waals surface area contributed by atoms with Crippen LogP contribution in [0.25, 0.3) is 0 Å². The second kappa shape index (κ2) is 8.43. The molecule has 0 atom stereocenters. The fourth-order valence-electron chi connectivity index (χ4n) is 1.87. The molecule has 0 radical (unpaired) electrons. The number of hydrogen-bond donors (Lipinski definition) is 0. The average Bonchev–Trinajstić information content (AvgIpc) is 2.57. The number of carbonyl (C=O) groups excluding carboxylic acids is 2. The van der Waals surface area contributed by atoms with E-state index in [1.165, 1.54) is 44.4 Å². The van der Waals surface area contributed by atoms with Crippen LogP contribution in [-0.4, -0.2) is 25.5 Å². The number of Topliss-reactive ketones (excluding diaryl/α,β-unsaturated/α-hetero) is 1. The second-order valence-corrected chi connectivity index (χ2v) is 6.10. The summed E-state index contributed by atoms with van der Waals surface area (Å²) in [5.41, 5.74) is 0.440. The molecule has 0 spiro atoms. The van der Waals surface area contributed by atoms with Crippen LogP contribution in [0.5, 0.6) is 17.2 Å². The van der Waals surface area contributed by atoms with E-state index in [1.807, 2.05) is 0 Å². The lowest BCUT2D eigenvalue weighted by Gasteiger charge is -2.11. The standard InChI is InChI=1S/C17H13Cl3O5/c1-9(21)10-3-4-14(16(5-10)23-2)25-17(22)8-24-15-7-12(19)11(18)6-13(15)20/h3-7H,8H2,1-2H3. The van der Waals surface area contributed by atoms with Crippen molar-refractivity contribution < 1.29 is 23.8 Å². The highest BCUT2D eigenvalue weighted by molar-refractivity contribution is 6.43. The smallest absolute Gasteiger partial charge is 0.349 e. The van der Waals surface area contributed by atoms with E-state index in [-0.39, 0.29) is 38.1 Å². The van der Waals surface area contributed by atoms with Crippen molar-refractivity contribution in [3.05, 3.63) is 51.0 Å². The Labute approximate surface area is 159 Å². The van der Waals surface area contributed by atoms with Crippen LogP contribution in [0, 0.1) is 0 Å². The first kappa shape index (κ1) is 19.4. The number of methoxy groups -OCH3 is 1. The lowest BCUT2D eigenvalue weighted by molar-refractivity contribution is -0.136. The van der Waals surface area contributed by atoms with E-state index < -0.39 is 12.6 Å². The molecule has 0 unspecified atom stereocenters. The summed E-state index contributed by atoms with van der Waals surface area (Å²) in [6, 6.07) is 7.31. The van der Waals surface area contributed by atoms with Crippen LogP contribution in [0.3, 0.4) is 0 Å². The molecule has 2 rings (SSSR count). The number of ether oxygens (including phenoxy) is 3. The van der Waals surface area contributed by atoms with Crippen LogP contribution < -0.4 is 14.2 Å². The molecule has 0 saturated heterocycles. The average molecular weight is 404 g/mol. The zero-order chi connectivity index (χ0) is 18.6. The highest BCUT2D eigenvalue weighted by Crippen LogP contribution is 2.34. The molecule has 0 aliphatic heterocycles. The largest absolute Gasteiger partial charge is 0.493 e. The first-order valence-corrected chi connectivity index (χ1v) is 8.12. The molecule has 5 nitrogen and oxygen atoms in total. The van der Waals surface area contributed by atoms with E-state index in [9.17, 15) is 9.59 Å². The molecule has 0 aliphatic rings. The minimum absolute atomic E-state index is 0.131. The summed E-state index contributed by atoms with van der Waals surface area (Å²) < 4.78 is 15.6. The van der Waals surface area contributed by atoms with Crippen molar-refractivity contribution in [3.8, 4) is 17.2 Å². The molecule has 0 heterocycles. The molecular weight excluding hydrogens is 391 g/mol. The van der Waals surface area contributed by atoms with Gasteiger partial charge in [-0.1, -0.05) is 34.8 Å². The molecule has 0 N–H and O–H groups in total. The number of benzene rings is 2. The maximum absolute atomic E-state index is 12.0. The van der Waals surface area contributed by atoms with Crippen molar-refractivity contribution in [1.29, 1.82) is 0 Å². The van der Waals surface area contributed by atoms with Gasteiger partial charge in [-0.25, -0.2) is 4.79 Å². The van der Waals surface area contributed by atoms with Gasteiger partial charge in [0.05, 0.1) is 22.2 Å². The van der Waals surface area contributed by atoms with Crippen LogP contribution >= 0.6 is 34.8 Å². The van der Waals surface area contributed by atoms with Gasteiger partial charge < -0.3 is 14.2 Å². The Morgan fingerprint density at radius 1 is 0.920 bits per heavy atom. The number of esters is 1.